The molecule has 1 amide bonds. The van der Waals surface area contributed by atoms with Crippen LogP contribution in [0.3, 0.4) is 0 Å². The van der Waals surface area contributed by atoms with Gasteiger partial charge in [-0.15, -0.1) is 0 Å². The number of carbonyl (C=O) groups excluding carboxylic acids is 2. The Morgan fingerprint density at radius 2 is 1.67 bits per heavy atom. The Bertz CT molecular complexity index is 1730. The van der Waals surface area contributed by atoms with Gasteiger partial charge in [-0.1, -0.05) is 36.4 Å². The van der Waals surface area contributed by atoms with E-state index in [0.29, 0.717) is 10.6 Å². The molecule has 2 fully saturated rings. The number of esters is 1. The molecular formula is C34H32F4N4O4. The summed E-state index contributed by atoms with van der Waals surface area (Å²) in [5.41, 5.74) is 0.299. The Morgan fingerprint density at radius 3 is 2.35 bits per heavy atom. The fourth-order valence-electron chi connectivity index (χ4n) is 5.76. The molecule has 2 aliphatic rings. The fraction of sp³-hybridized carbons (Fsp3) is 0.353. The molecule has 1 saturated heterocycles. The van der Waals surface area contributed by atoms with Gasteiger partial charge in [-0.2, -0.15) is 18.3 Å². The van der Waals surface area contributed by atoms with Crippen LogP contribution in [-0.4, -0.2) is 51.2 Å². The van der Waals surface area contributed by atoms with E-state index in [1.807, 2.05) is 29.2 Å². The van der Waals surface area contributed by atoms with Crippen molar-refractivity contribution < 1.29 is 36.6 Å². The first-order valence-electron chi connectivity index (χ1n) is 15.2. The highest BCUT2D eigenvalue weighted by Crippen LogP contribution is 2.37. The van der Waals surface area contributed by atoms with Gasteiger partial charge >= 0.3 is 12.1 Å². The Balaban J connectivity index is 1.18. The van der Waals surface area contributed by atoms with Gasteiger partial charge in [0, 0.05) is 24.6 Å². The maximum absolute atomic E-state index is 15.1. The van der Waals surface area contributed by atoms with E-state index in [9.17, 15) is 22.8 Å². The van der Waals surface area contributed by atoms with E-state index in [2.05, 4.69) is 10.1 Å². The van der Waals surface area contributed by atoms with Crippen LogP contribution in [0.1, 0.15) is 65.7 Å². The molecule has 0 unspecified atom stereocenters. The average Bonchev–Trinajstić information content (AvgIpc) is 3.80. The highest BCUT2D eigenvalue weighted by molar-refractivity contribution is 5.90. The Kier molecular flexibility index (Phi) is 8.79. The Morgan fingerprint density at radius 1 is 0.957 bits per heavy atom. The van der Waals surface area contributed by atoms with Crippen LogP contribution in [0, 0.1) is 11.7 Å². The normalized spacial score (nSPS) is 15.5. The van der Waals surface area contributed by atoms with Gasteiger partial charge in [0.15, 0.2) is 23.1 Å². The maximum atomic E-state index is 15.1. The molecule has 46 heavy (non-hydrogen) atoms. The van der Waals surface area contributed by atoms with Gasteiger partial charge in [-0.05, 0) is 73.9 Å². The van der Waals surface area contributed by atoms with Crippen LogP contribution >= 0.6 is 0 Å². The number of para-hydroxylation sites is 1. The van der Waals surface area contributed by atoms with Crippen molar-refractivity contribution in [1.82, 2.24) is 19.7 Å². The summed E-state index contributed by atoms with van der Waals surface area (Å²) < 4.78 is 68.5. The molecule has 3 heterocycles. The molecule has 1 aliphatic heterocycles. The molecule has 1 aliphatic carbocycles. The van der Waals surface area contributed by atoms with E-state index in [0.717, 1.165) is 50.5 Å². The van der Waals surface area contributed by atoms with E-state index in [1.54, 1.807) is 6.07 Å². The van der Waals surface area contributed by atoms with E-state index < -0.39 is 29.2 Å². The molecule has 12 heteroatoms. The summed E-state index contributed by atoms with van der Waals surface area (Å²) >= 11 is 0. The van der Waals surface area contributed by atoms with Gasteiger partial charge in [-0.25, -0.2) is 18.9 Å². The molecule has 240 valence electrons. The summed E-state index contributed by atoms with van der Waals surface area (Å²) in [4.78, 5) is 30.9. The van der Waals surface area contributed by atoms with Gasteiger partial charge in [0.2, 0.25) is 5.91 Å². The van der Waals surface area contributed by atoms with Crippen LogP contribution < -0.4 is 4.74 Å². The lowest BCUT2D eigenvalue weighted by atomic mass is 9.89. The van der Waals surface area contributed by atoms with Crippen molar-refractivity contribution in [3.05, 3.63) is 95.1 Å². The van der Waals surface area contributed by atoms with Crippen molar-refractivity contribution >= 4 is 11.9 Å². The van der Waals surface area contributed by atoms with Crippen LogP contribution in [-0.2, 0) is 22.3 Å². The number of nitrogens with zero attached hydrogens (tertiary/aromatic N) is 4. The maximum Gasteiger partial charge on any atom is 0.434 e. The first kappa shape index (κ1) is 31.3. The molecule has 0 atom stereocenters. The topological polar surface area (TPSA) is 86.5 Å². The Labute approximate surface area is 262 Å². The largest absolute Gasteiger partial charge is 0.485 e. The van der Waals surface area contributed by atoms with Gasteiger partial charge in [0.1, 0.15) is 12.2 Å². The number of hydrogen-bond acceptors (Lipinski definition) is 6. The number of ether oxygens (including phenoxy) is 2. The monoisotopic (exact) mass is 636 g/mol. The number of aromatic nitrogens is 3. The zero-order valence-corrected chi connectivity index (χ0v) is 25.1. The van der Waals surface area contributed by atoms with Crippen molar-refractivity contribution in [3.63, 3.8) is 0 Å². The van der Waals surface area contributed by atoms with Crippen molar-refractivity contribution in [2.24, 2.45) is 5.92 Å². The smallest absolute Gasteiger partial charge is 0.434 e. The van der Waals surface area contributed by atoms with Crippen LogP contribution in [0.25, 0.3) is 17.1 Å². The fourth-order valence-corrected chi connectivity index (χ4v) is 5.76. The third kappa shape index (κ3) is 6.61. The lowest BCUT2D eigenvalue weighted by Crippen LogP contribution is -2.38. The van der Waals surface area contributed by atoms with Gasteiger partial charge < -0.3 is 14.4 Å². The van der Waals surface area contributed by atoms with Crippen molar-refractivity contribution in [1.29, 1.82) is 0 Å². The van der Waals surface area contributed by atoms with Crippen molar-refractivity contribution in [2.45, 2.75) is 51.3 Å². The number of amides is 1. The highest BCUT2D eigenvalue weighted by Gasteiger charge is 2.41. The summed E-state index contributed by atoms with van der Waals surface area (Å²) in [7, 11) is 0. The van der Waals surface area contributed by atoms with E-state index in [4.69, 9.17) is 9.47 Å². The second-order valence-corrected chi connectivity index (χ2v) is 11.4. The van der Waals surface area contributed by atoms with Crippen LogP contribution in [0.5, 0.6) is 5.75 Å². The average molecular weight is 637 g/mol. The van der Waals surface area contributed by atoms with Gasteiger partial charge in [0.25, 0.3) is 0 Å². The van der Waals surface area contributed by atoms with Gasteiger partial charge in [-0.3, -0.25) is 4.79 Å². The summed E-state index contributed by atoms with van der Waals surface area (Å²) in [6.07, 6.45) is -0.320. The predicted molar refractivity (Wildman–Crippen MR) is 160 cm³/mol. The van der Waals surface area contributed by atoms with Crippen molar-refractivity contribution in [2.75, 3.05) is 19.7 Å². The number of rotatable bonds is 9. The number of piperidine rings is 1. The predicted octanol–water partition coefficient (Wildman–Crippen LogP) is 6.96. The molecule has 0 bridgehead atoms. The number of pyridine rings is 1. The SMILES string of the molecule is CCOC(=O)c1cnn(-c2cccc(-c3cccc(F)c3OCc3ccc(C4CCN(C(=O)C5CC5)CC4)cc3)n2)c1C(F)(F)F. The molecular weight excluding hydrogens is 604 g/mol. The molecule has 4 aromatic rings. The molecule has 2 aromatic heterocycles. The molecule has 0 spiro atoms. The van der Waals surface area contributed by atoms with E-state index >= 15 is 4.39 Å². The molecule has 1 saturated carbocycles. The van der Waals surface area contributed by atoms with Crippen LogP contribution in [0.4, 0.5) is 17.6 Å². The molecule has 2 aromatic carbocycles. The number of likely N-dealkylation sites (tertiary alicyclic amines) is 1. The minimum atomic E-state index is -4.94. The summed E-state index contributed by atoms with van der Waals surface area (Å²) in [5, 5.41) is 3.78. The minimum absolute atomic E-state index is 0.0442. The van der Waals surface area contributed by atoms with Crippen LogP contribution in [0.2, 0.25) is 0 Å². The quantitative estimate of drug-likeness (QED) is 0.146. The lowest BCUT2D eigenvalue weighted by molar-refractivity contribution is -0.143. The first-order valence-corrected chi connectivity index (χ1v) is 15.2. The molecule has 0 radical (unpaired) electrons. The number of benzene rings is 2. The lowest BCUT2D eigenvalue weighted by Gasteiger charge is -2.32. The summed E-state index contributed by atoms with van der Waals surface area (Å²) in [6.45, 7) is 2.95. The van der Waals surface area contributed by atoms with Crippen LogP contribution in [0.15, 0.2) is 66.9 Å². The zero-order chi connectivity index (χ0) is 32.4. The Hall–Kier alpha value is -4.74. The number of halogens is 4. The first-order chi connectivity index (χ1) is 22.1. The summed E-state index contributed by atoms with van der Waals surface area (Å²) in [6, 6.07) is 16.4. The summed E-state index contributed by atoms with van der Waals surface area (Å²) in [5.74, 6) is -1.27. The molecule has 6 rings (SSSR count). The standard InChI is InChI=1S/C34H32F4N4O4/c1-2-45-33(44)26-19-39-42(31(26)34(36,37)38)29-8-4-7-28(40-29)25-5-3-6-27(35)30(25)46-20-21-9-11-22(12-10-21)23-15-17-41(18-16-23)32(43)24-13-14-24/h3-12,19,23-24H,2,13-18,20H2,1H3. The number of alkyl halides is 3. The third-order valence-electron chi connectivity index (χ3n) is 8.29. The van der Waals surface area contributed by atoms with E-state index in [-0.39, 0.29) is 47.9 Å². The second kappa shape index (κ2) is 12.9. The highest BCUT2D eigenvalue weighted by atomic mass is 19.4. The van der Waals surface area contributed by atoms with E-state index in [1.165, 1.54) is 42.8 Å². The number of carbonyl (C=O) groups is 2. The zero-order valence-electron chi connectivity index (χ0n) is 25.1. The second-order valence-electron chi connectivity index (χ2n) is 11.4. The number of hydrogen-bond donors (Lipinski definition) is 0. The minimum Gasteiger partial charge on any atom is -0.485 e. The third-order valence-corrected chi connectivity index (χ3v) is 8.29. The molecule has 8 nitrogen and oxygen atoms in total. The van der Waals surface area contributed by atoms with Gasteiger partial charge in [0.05, 0.1) is 18.5 Å². The molecule has 0 N–H and O–H groups in total. The van der Waals surface area contributed by atoms with Crippen molar-refractivity contribution in [3.8, 4) is 22.8 Å².